The van der Waals surface area contributed by atoms with Crippen molar-refractivity contribution in [2.45, 2.75) is 50.0 Å². The minimum atomic E-state index is -5.00. The number of carbonyl (C=O) groups excluding carboxylic acids is 1. The van der Waals surface area contributed by atoms with E-state index in [1.165, 1.54) is 30.1 Å². The standard InChI is InChI=1S/C24H25F7N2O2S/c1-14-8-18(25)4-5-20(14)21-12-19(36(3)35)6-7-33(21)22(34)32(2)13-15-9-16(23(26,27)28)11-17(10-15)24(29,30)31/h4-5,8-11,19,21H,6-7,12-13H2,1-3H3/t19-,21+,36?/m0/s1. The van der Waals surface area contributed by atoms with Gasteiger partial charge in [0.25, 0.3) is 0 Å². The van der Waals surface area contributed by atoms with Crippen molar-refractivity contribution >= 4 is 16.8 Å². The average Bonchev–Trinajstić information content (AvgIpc) is 2.76. The van der Waals surface area contributed by atoms with Gasteiger partial charge in [0.15, 0.2) is 0 Å². The van der Waals surface area contributed by atoms with Crippen LogP contribution >= 0.6 is 0 Å². The van der Waals surface area contributed by atoms with Crippen LogP contribution in [0.25, 0.3) is 0 Å². The Bertz CT molecular complexity index is 1120. The number of hydrogen-bond acceptors (Lipinski definition) is 2. The van der Waals surface area contributed by atoms with E-state index < -0.39 is 58.7 Å². The molecule has 4 nitrogen and oxygen atoms in total. The molecule has 198 valence electrons. The molecule has 3 rings (SSSR count). The van der Waals surface area contributed by atoms with Gasteiger partial charge in [-0.15, -0.1) is 0 Å². The van der Waals surface area contributed by atoms with Crippen LogP contribution < -0.4 is 0 Å². The lowest BCUT2D eigenvalue weighted by molar-refractivity contribution is -0.143. The molecule has 2 amide bonds. The highest BCUT2D eigenvalue weighted by Gasteiger charge is 2.38. The fourth-order valence-corrected chi connectivity index (χ4v) is 5.33. The van der Waals surface area contributed by atoms with Gasteiger partial charge in [0, 0.05) is 42.4 Å². The third-order valence-corrected chi connectivity index (χ3v) is 7.62. The van der Waals surface area contributed by atoms with Crippen LogP contribution in [0.4, 0.5) is 35.5 Å². The summed E-state index contributed by atoms with van der Waals surface area (Å²) in [5.41, 5.74) is -2.05. The van der Waals surface area contributed by atoms with Crippen molar-refractivity contribution < 1.29 is 39.7 Å². The molecule has 0 aliphatic carbocycles. The highest BCUT2D eigenvalue weighted by atomic mass is 32.2. The van der Waals surface area contributed by atoms with Gasteiger partial charge in [0.05, 0.1) is 17.2 Å². The predicted octanol–water partition coefficient (Wildman–Crippen LogP) is 6.31. The Morgan fingerprint density at radius 1 is 1.06 bits per heavy atom. The van der Waals surface area contributed by atoms with Crippen molar-refractivity contribution in [1.29, 1.82) is 0 Å². The summed E-state index contributed by atoms with van der Waals surface area (Å²) in [6.07, 6.45) is -7.73. The third kappa shape index (κ3) is 6.37. The molecule has 12 heteroatoms. The fourth-order valence-electron chi connectivity index (χ4n) is 4.44. The zero-order valence-corrected chi connectivity index (χ0v) is 20.5. The number of piperidine rings is 1. The van der Waals surface area contributed by atoms with E-state index in [4.69, 9.17) is 0 Å². The first kappa shape index (κ1) is 27.9. The highest BCUT2D eigenvalue weighted by molar-refractivity contribution is 7.84. The summed E-state index contributed by atoms with van der Waals surface area (Å²) in [4.78, 5) is 15.9. The fraction of sp³-hybridized carbons (Fsp3) is 0.458. The summed E-state index contributed by atoms with van der Waals surface area (Å²) in [5, 5.41) is -0.230. The summed E-state index contributed by atoms with van der Waals surface area (Å²) in [6.45, 7) is 1.34. The number of halogens is 7. The van der Waals surface area contributed by atoms with E-state index in [-0.39, 0.29) is 23.4 Å². The van der Waals surface area contributed by atoms with Gasteiger partial charge < -0.3 is 9.80 Å². The predicted molar refractivity (Wildman–Crippen MR) is 121 cm³/mol. The lowest BCUT2D eigenvalue weighted by Crippen LogP contribution is -2.48. The lowest BCUT2D eigenvalue weighted by atomic mass is 9.92. The van der Waals surface area contributed by atoms with Gasteiger partial charge >= 0.3 is 18.4 Å². The van der Waals surface area contributed by atoms with Crippen molar-refractivity contribution in [3.05, 3.63) is 70.0 Å². The van der Waals surface area contributed by atoms with E-state index >= 15 is 0 Å². The van der Waals surface area contributed by atoms with Crippen molar-refractivity contribution in [2.75, 3.05) is 19.8 Å². The number of amides is 2. The monoisotopic (exact) mass is 538 g/mol. The van der Waals surface area contributed by atoms with Crippen LogP contribution in [-0.4, -0.2) is 45.1 Å². The van der Waals surface area contributed by atoms with Crippen LogP contribution in [0.15, 0.2) is 36.4 Å². The highest BCUT2D eigenvalue weighted by Crippen LogP contribution is 2.38. The quantitative estimate of drug-likeness (QED) is 0.429. The molecule has 0 bridgehead atoms. The Labute approximate surface area is 206 Å². The Morgan fingerprint density at radius 3 is 2.14 bits per heavy atom. The molecule has 0 spiro atoms. The van der Waals surface area contributed by atoms with Crippen LogP contribution in [-0.2, 0) is 29.7 Å². The Hall–Kier alpha value is -2.63. The maximum Gasteiger partial charge on any atom is 0.416 e. The molecule has 2 aromatic rings. The van der Waals surface area contributed by atoms with Crippen molar-refractivity contribution in [3.8, 4) is 0 Å². The third-order valence-electron chi connectivity index (χ3n) is 6.25. The van der Waals surface area contributed by atoms with E-state index in [1.807, 2.05) is 0 Å². The summed E-state index contributed by atoms with van der Waals surface area (Å²) in [5.74, 6) is -0.470. The van der Waals surface area contributed by atoms with Crippen LogP contribution in [0, 0.1) is 12.7 Å². The summed E-state index contributed by atoms with van der Waals surface area (Å²) >= 11 is 0. The Balaban J connectivity index is 1.92. The number of urea groups is 1. The maximum absolute atomic E-state index is 13.7. The van der Waals surface area contributed by atoms with Crippen molar-refractivity contribution in [2.24, 2.45) is 0 Å². The molecule has 36 heavy (non-hydrogen) atoms. The number of benzene rings is 2. The molecular weight excluding hydrogens is 513 g/mol. The molecule has 1 aliphatic heterocycles. The number of aryl methyl sites for hydroxylation is 1. The normalized spacial score (nSPS) is 19.8. The van der Waals surface area contributed by atoms with Crippen LogP contribution in [0.3, 0.4) is 0 Å². The van der Waals surface area contributed by atoms with Gasteiger partial charge in [-0.2, -0.15) is 26.3 Å². The molecule has 1 saturated heterocycles. The smallest absolute Gasteiger partial charge is 0.323 e. The summed E-state index contributed by atoms with van der Waals surface area (Å²) < 4.78 is 105. The second kappa shape index (κ2) is 10.4. The number of nitrogens with zero attached hydrogens (tertiary/aromatic N) is 2. The molecule has 1 aliphatic rings. The first-order valence-electron chi connectivity index (χ1n) is 11.0. The largest absolute Gasteiger partial charge is 0.416 e. The van der Waals surface area contributed by atoms with E-state index in [9.17, 15) is 39.7 Å². The Morgan fingerprint density at radius 2 is 1.64 bits per heavy atom. The molecular formula is C24H25F7N2O2S. The molecule has 1 unspecified atom stereocenters. The SMILES string of the molecule is Cc1cc(F)ccc1[C@H]1C[C@@H](S(C)=O)CCN1C(=O)N(C)Cc1cc(C(F)(F)F)cc(C(F)(F)F)c1. The first-order valence-corrected chi connectivity index (χ1v) is 12.6. The molecule has 0 radical (unpaired) electrons. The lowest BCUT2D eigenvalue weighted by Gasteiger charge is -2.41. The van der Waals surface area contributed by atoms with Gasteiger partial charge in [-0.05, 0) is 66.8 Å². The maximum atomic E-state index is 13.7. The molecule has 1 fully saturated rings. The minimum Gasteiger partial charge on any atom is -0.323 e. The minimum absolute atomic E-state index is 0.0360. The zero-order chi connectivity index (χ0) is 27.0. The molecule has 0 N–H and O–H groups in total. The first-order chi connectivity index (χ1) is 16.6. The van der Waals surface area contributed by atoms with Gasteiger partial charge in [0.1, 0.15) is 5.82 Å². The number of carbonyl (C=O) groups is 1. The molecule has 0 aromatic heterocycles. The second-order valence-corrected chi connectivity index (χ2v) is 10.6. The Kier molecular flexibility index (Phi) is 8.07. The molecule has 3 atom stereocenters. The van der Waals surface area contributed by atoms with Crippen molar-refractivity contribution in [1.82, 2.24) is 9.80 Å². The van der Waals surface area contributed by atoms with E-state index in [0.717, 1.165) is 4.90 Å². The molecule has 0 saturated carbocycles. The average molecular weight is 539 g/mol. The van der Waals surface area contributed by atoms with Gasteiger partial charge in [-0.3, -0.25) is 4.21 Å². The van der Waals surface area contributed by atoms with E-state index in [0.29, 0.717) is 36.1 Å². The topological polar surface area (TPSA) is 40.6 Å². The number of likely N-dealkylation sites (tertiary alicyclic amines) is 1. The van der Waals surface area contributed by atoms with Crippen LogP contribution in [0.5, 0.6) is 0 Å². The molecule has 2 aromatic carbocycles. The van der Waals surface area contributed by atoms with Gasteiger partial charge in [-0.1, -0.05) is 6.07 Å². The second-order valence-electron chi connectivity index (χ2n) is 8.91. The number of alkyl halides is 6. The van der Waals surface area contributed by atoms with Crippen LogP contribution in [0.2, 0.25) is 0 Å². The van der Waals surface area contributed by atoms with Gasteiger partial charge in [-0.25, -0.2) is 9.18 Å². The van der Waals surface area contributed by atoms with E-state index in [1.54, 1.807) is 13.2 Å². The number of rotatable bonds is 4. The van der Waals surface area contributed by atoms with Crippen molar-refractivity contribution in [3.63, 3.8) is 0 Å². The van der Waals surface area contributed by atoms with Crippen LogP contribution in [0.1, 0.15) is 46.7 Å². The zero-order valence-electron chi connectivity index (χ0n) is 19.7. The molecule has 1 heterocycles. The summed E-state index contributed by atoms with van der Waals surface area (Å²) in [7, 11) is 0.0972. The van der Waals surface area contributed by atoms with E-state index in [2.05, 4.69) is 0 Å². The number of hydrogen-bond donors (Lipinski definition) is 0. The summed E-state index contributed by atoms with van der Waals surface area (Å²) in [6, 6.07) is 4.08. The van der Waals surface area contributed by atoms with Gasteiger partial charge in [0.2, 0.25) is 0 Å².